The maximum atomic E-state index is 12.3. The van der Waals surface area contributed by atoms with Crippen LogP contribution in [0.25, 0.3) is 0 Å². The Balaban J connectivity index is 1.83. The zero-order valence-electron chi connectivity index (χ0n) is 13.4. The molecule has 0 saturated heterocycles. The van der Waals surface area contributed by atoms with Crippen molar-refractivity contribution in [3.8, 4) is 5.88 Å². The van der Waals surface area contributed by atoms with E-state index in [2.05, 4.69) is 22.1 Å². The van der Waals surface area contributed by atoms with Gasteiger partial charge in [0.2, 0.25) is 5.88 Å². The number of amides is 1. The van der Waals surface area contributed by atoms with Crippen LogP contribution in [0, 0.1) is 0 Å². The summed E-state index contributed by atoms with van der Waals surface area (Å²) in [5.74, 6) is 0.207. The minimum Gasteiger partial charge on any atom is -0.475 e. The lowest BCUT2D eigenvalue weighted by molar-refractivity contribution is 0.0938. The Labute approximate surface area is 131 Å². The second kappa shape index (κ2) is 8.70. The molecule has 0 aliphatic heterocycles. The van der Waals surface area contributed by atoms with Gasteiger partial charge >= 0.3 is 0 Å². The topological polar surface area (TPSA) is 63.7 Å². The van der Waals surface area contributed by atoms with Gasteiger partial charge in [0, 0.05) is 32.4 Å². The molecule has 6 nitrogen and oxygen atoms in total. The van der Waals surface area contributed by atoms with Crippen molar-refractivity contribution >= 4 is 5.91 Å². The Kier molecular flexibility index (Phi) is 6.61. The predicted molar refractivity (Wildman–Crippen MR) is 84.2 cm³/mol. The number of carbonyl (C=O) groups is 1. The molecule has 1 heterocycles. The van der Waals surface area contributed by atoms with Crippen LogP contribution >= 0.6 is 0 Å². The van der Waals surface area contributed by atoms with Gasteiger partial charge < -0.3 is 14.8 Å². The molecular weight excluding hydrogens is 282 g/mol. The third-order valence-electron chi connectivity index (χ3n) is 3.70. The average molecular weight is 307 g/mol. The molecule has 122 valence electrons. The number of hydrogen-bond donors (Lipinski definition) is 1. The zero-order chi connectivity index (χ0) is 15.8. The molecule has 1 aromatic heterocycles. The molecule has 0 bridgehead atoms. The summed E-state index contributed by atoms with van der Waals surface area (Å²) in [7, 11) is 1.61. The molecule has 0 aromatic carbocycles. The minimum atomic E-state index is -0.146. The lowest BCUT2D eigenvalue weighted by atomic mass is 10.2. The Morgan fingerprint density at radius 1 is 1.45 bits per heavy atom. The van der Waals surface area contributed by atoms with Gasteiger partial charge in [0.1, 0.15) is 12.2 Å². The molecule has 2 rings (SSSR count). The average Bonchev–Trinajstić information content (AvgIpc) is 3.37. The van der Waals surface area contributed by atoms with E-state index in [1.54, 1.807) is 25.4 Å². The van der Waals surface area contributed by atoms with Crippen LogP contribution in [0.1, 0.15) is 30.1 Å². The van der Waals surface area contributed by atoms with Crippen molar-refractivity contribution in [3.05, 3.63) is 23.9 Å². The third kappa shape index (κ3) is 4.96. The number of ether oxygens (including phenoxy) is 2. The van der Waals surface area contributed by atoms with E-state index in [-0.39, 0.29) is 5.91 Å². The summed E-state index contributed by atoms with van der Waals surface area (Å²) in [6.45, 7) is 5.54. The molecule has 1 amide bonds. The molecule has 1 saturated carbocycles. The van der Waals surface area contributed by atoms with Gasteiger partial charge in [-0.15, -0.1) is 0 Å². The molecule has 0 atom stereocenters. The van der Waals surface area contributed by atoms with E-state index in [1.807, 2.05) is 0 Å². The number of aromatic nitrogens is 1. The van der Waals surface area contributed by atoms with Crippen molar-refractivity contribution in [1.82, 2.24) is 15.2 Å². The van der Waals surface area contributed by atoms with Crippen molar-refractivity contribution < 1.29 is 14.3 Å². The highest BCUT2D eigenvalue weighted by Gasteiger charge is 2.27. The highest BCUT2D eigenvalue weighted by Crippen LogP contribution is 2.25. The summed E-state index contributed by atoms with van der Waals surface area (Å²) >= 11 is 0. The fraction of sp³-hybridized carbons (Fsp3) is 0.625. The lowest BCUT2D eigenvalue weighted by Crippen LogP contribution is -2.36. The smallest absolute Gasteiger partial charge is 0.256 e. The molecule has 6 heteroatoms. The third-order valence-corrected chi connectivity index (χ3v) is 3.70. The maximum absolute atomic E-state index is 12.3. The zero-order valence-corrected chi connectivity index (χ0v) is 13.4. The monoisotopic (exact) mass is 307 g/mol. The van der Waals surface area contributed by atoms with Gasteiger partial charge in [-0.05, 0) is 31.5 Å². The molecule has 0 unspecified atom stereocenters. The van der Waals surface area contributed by atoms with E-state index in [9.17, 15) is 4.79 Å². The fourth-order valence-corrected chi connectivity index (χ4v) is 2.35. The van der Waals surface area contributed by atoms with Gasteiger partial charge in [-0.3, -0.25) is 9.69 Å². The van der Waals surface area contributed by atoms with Gasteiger partial charge in [0.25, 0.3) is 5.91 Å². The normalized spacial score (nSPS) is 14.1. The van der Waals surface area contributed by atoms with Crippen molar-refractivity contribution in [3.63, 3.8) is 0 Å². The van der Waals surface area contributed by atoms with Gasteiger partial charge in [-0.2, -0.15) is 0 Å². The summed E-state index contributed by atoms with van der Waals surface area (Å²) in [4.78, 5) is 18.8. The molecule has 1 fully saturated rings. The highest BCUT2D eigenvalue weighted by molar-refractivity contribution is 5.96. The number of nitrogens with zero attached hydrogens (tertiary/aromatic N) is 2. The van der Waals surface area contributed by atoms with Crippen LogP contribution in [0.2, 0.25) is 0 Å². The van der Waals surface area contributed by atoms with Crippen molar-refractivity contribution in [1.29, 1.82) is 0 Å². The number of carbonyl (C=O) groups excluding carboxylic acids is 1. The number of methoxy groups -OCH3 is 1. The Bertz CT molecular complexity index is 477. The summed E-state index contributed by atoms with van der Waals surface area (Å²) in [5, 5.41) is 2.95. The van der Waals surface area contributed by atoms with Crippen LogP contribution in [-0.2, 0) is 4.74 Å². The van der Waals surface area contributed by atoms with E-state index in [0.29, 0.717) is 37.2 Å². The SMILES string of the molecule is CCN(CCNC(=O)c1cccnc1OCCOC)C1CC1. The van der Waals surface area contributed by atoms with Gasteiger partial charge in [0.15, 0.2) is 0 Å². The first-order chi connectivity index (χ1) is 10.8. The highest BCUT2D eigenvalue weighted by atomic mass is 16.5. The van der Waals surface area contributed by atoms with Gasteiger partial charge in [0.05, 0.1) is 6.61 Å². The van der Waals surface area contributed by atoms with Crippen LogP contribution in [0.3, 0.4) is 0 Å². The van der Waals surface area contributed by atoms with Crippen LogP contribution < -0.4 is 10.1 Å². The maximum Gasteiger partial charge on any atom is 0.256 e. The van der Waals surface area contributed by atoms with E-state index in [1.165, 1.54) is 12.8 Å². The standard InChI is InChI=1S/C16H25N3O3/c1-3-19(13-6-7-13)10-9-17-15(20)14-5-4-8-18-16(14)22-12-11-21-2/h4-5,8,13H,3,6-7,9-12H2,1-2H3,(H,17,20). The van der Waals surface area contributed by atoms with Crippen molar-refractivity contribution in [2.24, 2.45) is 0 Å². The molecule has 1 aromatic rings. The number of likely N-dealkylation sites (N-methyl/N-ethyl adjacent to an activating group) is 1. The van der Waals surface area contributed by atoms with E-state index in [4.69, 9.17) is 9.47 Å². The van der Waals surface area contributed by atoms with Gasteiger partial charge in [-0.1, -0.05) is 6.92 Å². The summed E-state index contributed by atoms with van der Waals surface area (Å²) in [6.07, 6.45) is 4.18. The fourth-order valence-electron chi connectivity index (χ4n) is 2.35. The second-order valence-corrected chi connectivity index (χ2v) is 5.31. The summed E-state index contributed by atoms with van der Waals surface area (Å²) < 4.78 is 10.4. The molecule has 1 N–H and O–H groups in total. The minimum absolute atomic E-state index is 0.146. The number of pyridine rings is 1. The molecule has 1 aliphatic rings. The summed E-state index contributed by atoms with van der Waals surface area (Å²) in [5.41, 5.74) is 0.466. The first-order valence-electron chi connectivity index (χ1n) is 7.85. The van der Waals surface area contributed by atoms with Crippen LogP contribution in [-0.4, -0.2) is 61.8 Å². The quantitative estimate of drug-likeness (QED) is 0.661. The van der Waals surface area contributed by atoms with Crippen LogP contribution in [0.4, 0.5) is 0 Å². The van der Waals surface area contributed by atoms with E-state index < -0.39 is 0 Å². The predicted octanol–water partition coefficient (Wildman–Crippen LogP) is 1.32. The van der Waals surface area contributed by atoms with Crippen LogP contribution in [0.15, 0.2) is 18.3 Å². The Morgan fingerprint density at radius 2 is 2.27 bits per heavy atom. The lowest BCUT2D eigenvalue weighted by Gasteiger charge is -2.19. The van der Waals surface area contributed by atoms with Crippen molar-refractivity contribution in [2.75, 3.05) is 40.0 Å². The first-order valence-corrected chi connectivity index (χ1v) is 7.85. The van der Waals surface area contributed by atoms with E-state index in [0.717, 1.165) is 13.1 Å². The molecule has 1 aliphatic carbocycles. The number of hydrogen-bond acceptors (Lipinski definition) is 5. The Morgan fingerprint density at radius 3 is 2.95 bits per heavy atom. The second-order valence-electron chi connectivity index (χ2n) is 5.31. The molecule has 0 spiro atoms. The van der Waals surface area contributed by atoms with Crippen molar-refractivity contribution in [2.45, 2.75) is 25.8 Å². The number of rotatable bonds is 10. The Hall–Kier alpha value is -1.66. The molecular formula is C16H25N3O3. The van der Waals surface area contributed by atoms with Gasteiger partial charge in [-0.25, -0.2) is 4.98 Å². The van der Waals surface area contributed by atoms with E-state index >= 15 is 0 Å². The largest absolute Gasteiger partial charge is 0.475 e. The number of nitrogens with one attached hydrogen (secondary N) is 1. The van der Waals surface area contributed by atoms with Crippen LogP contribution in [0.5, 0.6) is 5.88 Å². The summed E-state index contributed by atoms with van der Waals surface area (Å²) in [6, 6.07) is 4.18. The molecule has 0 radical (unpaired) electrons. The molecule has 22 heavy (non-hydrogen) atoms. The first kappa shape index (κ1) is 16.7.